The second kappa shape index (κ2) is 6.05. The maximum absolute atomic E-state index is 12.6. The topological polar surface area (TPSA) is 17.1 Å². The Balaban J connectivity index is 2.39. The molecule has 0 bridgehead atoms. The summed E-state index contributed by atoms with van der Waals surface area (Å²) in [4.78, 5) is 12.6. The predicted molar refractivity (Wildman–Crippen MR) is 95.2 cm³/mol. The lowest BCUT2D eigenvalue weighted by Gasteiger charge is -2.19. The normalized spacial score (nSPS) is 11.5. The Morgan fingerprint density at radius 1 is 0.952 bits per heavy atom. The zero-order chi connectivity index (χ0) is 15.8. The molecule has 3 heteroatoms. The average molecular weight is 410 g/mol. The molecule has 0 aromatic heterocycles. The third-order valence-electron chi connectivity index (χ3n) is 3.51. The van der Waals surface area contributed by atoms with Gasteiger partial charge in [0.1, 0.15) is 0 Å². The molecule has 0 saturated carbocycles. The van der Waals surface area contributed by atoms with Gasteiger partial charge in [0.15, 0.2) is 5.78 Å². The van der Waals surface area contributed by atoms with Crippen LogP contribution in [-0.4, -0.2) is 5.78 Å². The van der Waals surface area contributed by atoms with Gasteiger partial charge in [-0.3, -0.25) is 4.79 Å². The van der Waals surface area contributed by atoms with Crippen LogP contribution < -0.4 is 0 Å². The molecule has 0 spiro atoms. The van der Waals surface area contributed by atoms with Gasteiger partial charge in [-0.1, -0.05) is 76.9 Å². The lowest BCUT2D eigenvalue weighted by molar-refractivity contribution is 0.103. The van der Waals surface area contributed by atoms with E-state index < -0.39 is 0 Å². The minimum atomic E-state index is 0.0306. The Hall–Kier alpha value is -0.930. The molecule has 2 aromatic carbocycles. The summed E-state index contributed by atoms with van der Waals surface area (Å²) >= 11 is 6.97. The monoisotopic (exact) mass is 408 g/mol. The summed E-state index contributed by atoms with van der Waals surface area (Å²) < 4.78 is 1.77. The standard InChI is InChI=1S/C18H18Br2O/c1-11-9-16(20)14(10-15(11)19)17(21)12-5-7-13(8-6-12)18(2,3)4/h5-10H,1-4H3. The number of ketones is 1. The van der Waals surface area contributed by atoms with Crippen molar-refractivity contribution in [3.63, 3.8) is 0 Å². The van der Waals surface area contributed by atoms with E-state index in [2.05, 4.69) is 52.6 Å². The van der Waals surface area contributed by atoms with Crippen LogP contribution in [0.25, 0.3) is 0 Å². The Bertz CT molecular complexity index is 680. The SMILES string of the molecule is Cc1cc(Br)c(C(=O)c2ccc(C(C)(C)C)cc2)cc1Br. The van der Waals surface area contributed by atoms with E-state index in [-0.39, 0.29) is 11.2 Å². The maximum atomic E-state index is 12.6. The van der Waals surface area contributed by atoms with Gasteiger partial charge in [0.2, 0.25) is 0 Å². The molecule has 2 rings (SSSR count). The summed E-state index contributed by atoms with van der Waals surface area (Å²) in [6, 6.07) is 11.7. The summed E-state index contributed by atoms with van der Waals surface area (Å²) in [7, 11) is 0. The highest BCUT2D eigenvalue weighted by atomic mass is 79.9. The summed E-state index contributed by atoms with van der Waals surface area (Å²) in [5.74, 6) is 0.0306. The molecule has 0 unspecified atom stereocenters. The number of hydrogen-bond acceptors (Lipinski definition) is 1. The van der Waals surface area contributed by atoms with Crippen LogP contribution in [0.5, 0.6) is 0 Å². The van der Waals surface area contributed by atoms with Crippen LogP contribution in [0.1, 0.15) is 47.8 Å². The first-order valence-corrected chi connectivity index (χ1v) is 8.39. The van der Waals surface area contributed by atoms with Gasteiger partial charge in [0.25, 0.3) is 0 Å². The molecule has 1 nitrogen and oxygen atoms in total. The number of benzene rings is 2. The lowest BCUT2D eigenvalue weighted by Crippen LogP contribution is -2.11. The highest BCUT2D eigenvalue weighted by molar-refractivity contribution is 9.11. The summed E-state index contributed by atoms with van der Waals surface area (Å²) in [6.45, 7) is 8.49. The molecule has 0 aliphatic rings. The van der Waals surface area contributed by atoms with E-state index in [1.807, 2.05) is 43.3 Å². The fourth-order valence-corrected chi connectivity index (χ4v) is 3.08. The van der Waals surface area contributed by atoms with Crippen molar-refractivity contribution < 1.29 is 4.79 Å². The molecular formula is C18H18Br2O. The van der Waals surface area contributed by atoms with Crippen LogP contribution in [0.2, 0.25) is 0 Å². The van der Waals surface area contributed by atoms with E-state index in [1.165, 1.54) is 5.56 Å². The molecule has 0 N–H and O–H groups in total. The fourth-order valence-electron chi connectivity index (χ4n) is 2.10. The first-order chi connectivity index (χ1) is 9.70. The van der Waals surface area contributed by atoms with Crippen molar-refractivity contribution >= 4 is 37.6 Å². The molecule has 2 aromatic rings. The van der Waals surface area contributed by atoms with Gasteiger partial charge < -0.3 is 0 Å². The molecule has 0 amide bonds. The van der Waals surface area contributed by atoms with Crippen LogP contribution in [0, 0.1) is 6.92 Å². The zero-order valence-electron chi connectivity index (χ0n) is 12.6. The Morgan fingerprint density at radius 2 is 1.52 bits per heavy atom. The molecule has 0 fully saturated rings. The van der Waals surface area contributed by atoms with E-state index in [4.69, 9.17) is 0 Å². The fraction of sp³-hybridized carbons (Fsp3) is 0.278. The number of hydrogen-bond donors (Lipinski definition) is 0. The molecule has 0 heterocycles. The summed E-state index contributed by atoms with van der Waals surface area (Å²) in [5.41, 5.74) is 3.80. The zero-order valence-corrected chi connectivity index (χ0v) is 15.8. The van der Waals surface area contributed by atoms with Gasteiger partial charge in [-0.25, -0.2) is 0 Å². The second-order valence-electron chi connectivity index (χ2n) is 6.24. The van der Waals surface area contributed by atoms with Gasteiger partial charge in [-0.05, 0) is 35.6 Å². The first kappa shape index (κ1) is 16.4. The van der Waals surface area contributed by atoms with Gasteiger partial charge in [-0.2, -0.15) is 0 Å². The van der Waals surface area contributed by atoms with Crippen LogP contribution >= 0.6 is 31.9 Å². The van der Waals surface area contributed by atoms with Gasteiger partial charge in [-0.15, -0.1) is 0 Å². The van der Waals surface area contributed by atoms with Crippen molar-refractivity contribution in [3.05, 3.63) is 67.6 Å². The highest BCUT2D eigenvalue weighted by Gasteiger charge is 2.17. The highest BCUT2D eigenvalue weighted by Crippen LogP contribution is 2.28. The molecule has 0 aliphatic heterocycles. The molecular weight excluding hydrogens is 392 g/mol. The Labute approximate surface area is 143 Å². The van der Waals surface area contributed by atoms with Gasteiger partial charge >= 0.3 is 0 Å². The summed E-state index contributed by atoms with van der Waals surface area (Å²) in [6.07, 6.45) is 0. The smallest absolute Gasteiger partial charge is 0.194 e. The molecule has 21 heavy (non-hydrogen) atoms. The van der Waals surface area contributed by atoms with E-state index in [9.17, 15) is 4.79 Å². The van der Waals surface area contributed by atoms with Crippen LogP contribution in [0.4, 0.5) is 0 Å². The number of aryl methyl sites for hydroxylation is 1. The van der Waals surface area contributed by atoms with Crippen molar-refractivity contribution in [2.24, 2.45) is 0 Å². The van der Waals surface area contributed by atoms with Crippen LogP contribution in [0.15, 0.2) is 45.3 Å². The average Bonchev–Trinajstić information content (AvgIpc) is 2.41. The number of rotatable bonds is 2. The number of halogens is 2. The third kappa shape index (κ3) is 3.64. The maximum Gasteiger partial charge on any atom is 0.194 e. The van der Waals surface area contributed by atoms with E-state index in [0.717, 1.165) is 14.5 Å². The largest absolute Gasteiger partial charge is 0.289 e. The third-order valence-corrected chi connectivity index (χ3v) is 5.02. The number of carbonyl (C=O) groups is 1. The van der Waals surface area contributed by atoms with E-state index in [1.54, 1.807) is 0 Å². The predicted octanol–water partition coefficient (Wildman–Crippen LogP) is 6.05. The minimum absolute atomic E-state index is 0.0306. The van der Waals surface area contributed by atoms with Crippen molar-refractivity contribution in [2.45, 2.75) is 33.1 Å². The molecule has 0 atom stereocenters. The van der Waals surface area contributed by atoms with Crippen molar-refractivity contribution in [3.8, 4) is 0 Å². The quantitative estimate of drug-likeness (QED) is 0.551. The number of carbonyl (C=O) groups excluding carboxylic acids is 1. The Kier molecular flexibility index (Phi) is 4.74. The van der Waals surface area contributed by atoms with Crippen molar-refractivity contribution in [1.82, 2.24) is 0 Å². The summed E-state index contributed by atoms with van der Waals surface area (Å²) in [5, 5.41) is 0. The second-order valence-corrected chi connectivity index (χ2v) is 7.95. The van der Waals surface area contributed by atoms with Crippen LogP contribution in [0.3, 0.4) is 0 Å². The van der Waals surface area contributed by atoms with Crippen molar-refractivity contribution in [1.29, 1.82) is 0 Å². The van der Waals surface area contributed by atoms with Crippen molar-refractivity contribution in [2.75, 3.05) is 0 Å². The van der Waals surface area contributed by atoms with Crippen LogP contribution in [-0.2, 0) is 5.41 Å². The molecule has 0 aliphatic carbocycles. The molecule has 110 valence electrons. The van der Waals surface area contributed by atoms with Gasteiger partial charge in [0, 0.05) is 20.1 Å². The van der Waals surface area contributed by atoms with E-state index >= 15 is 0 Å². The Morgan fingerprint density at radius 3 is 2.05 bits per heavy atom. The minimum Gasteiger partial charge on any atom is -0.289 e. The first-order valence-electron chi connectivity index (χ1n) is 6.81. The lowest BCUT2D eigenvalue weighted by atomic mass is 9.86. The molecule has 0 radical (unpaired) electrons. The van der Waals surface area contributed by atoms with E-state index in [0.29, 0.717) is 11.1 Å². The van der Waals surface area contributed by atoms with Gasteiger partial charge in [0.05, 0.1) is 0 Å². The molecule has 0 saturated heterocycles.